The van der Waals surface area contributed by atoms with Gasteiger partial charge in [0.1, 0.15) is 5.75 Å². The van der Waals surface area contributed by atoms with Crippen LogP contribution in [0.5, 0.6) is 5.75 Å². The van der Waals surface area contributed by atoms with Gasteiger partial charge in [-0.15, -0.1) is 0 Å². The quantitative estimate of drug-likeness (QED) is 0.567. The Morgan fingerprint density at radius 2 is 2.00 bits per heavy atom. The van der Waals surface area contributed by atoms with Crippen LogP contribution in [0.1, 0.15) is 30.9 Å². The summed E-state index contributed by atoms with van der Waals surface area (Å²) in [6.07, 6.45) is 2.41. The maximum atomic E-state index is 13.3. The number of carbonyl (C=O) groups excluding carboxylic acids is 1. The van der Waals surface area contributed by atoms with Crippen LogP contribution in [0.2, 0.25) is 0 Å². The summed E-state index contributed by atoms with van der Waals surface area (Å²) in [6, 6.07) is 12.4. The van der Waals surface area contributed by atoms with Gasteiger partial charge in [-0.3, -0.25) is 9.10 Å². The molecule has 0 atom stereocenters. The predicted molar refractivity (Wildman–Crippen MR) is 120 cm³/mol. The van der Waals surface area contributed by atoms with Gasteiger partial charge in [-0.05, 0) is 68.5 Å². The zero-order valence-corrected chi connectivity index (χ0v) is 18.9. The summed E-state index contributed by atoms with van der Waals surface area (Å²) in [4.78, 5) is 12.1. The number of para-hydroxylation sites is 1. The van der Waals surface area contributed by atoms with Crippen LogP contribution in [-0.2, 0) is 26.0 Å². The van der Waals surface area contributed by atoms with E-state index in [4.69, 9.17) is 9.47 Å². The third-order valence-electron chi connectivity index (χ3n) is 5.15. The van der Waals surface area contributed by atoms with Crippen LogP contribution in [0.25, 0.3) is 0 Å². The van der Waals surface area contributed by atoms with Gasteiger partial charge >= 0.3 is 0 Å². The molecule has 0 fully saturated rings. The van der Waals surface area contributed by atoms with Crippen LogP contribution >= 0.6 is 0 Å². The largest absolute Gasteiger partial charge is 0.484 e. The second-order valence-electron chi connectivity index (χ2n) is 7.43. The molecule has 0 aromatic heterocycles. The number of nitrogens with one attached hydrogen (secondary N) is 1. The van der Waals surface area contributed by atoms with Crippen molar-refractivity contribution in [2.45, 2.75) is 38.0 Å². The van der Waals surface area contributed by atoms with Crippen molar-refractivity contribution in [1.29, 1.82) is 0 Å². The first-order valence-electron chi connectivity index (χ1n) is 10.6. The molecular formula is C23H30N2O5S. The summed E-state index contributed by atoms with van der Waals surface area (Å²) in [6.45, 7) is 5.83. The van der Waals surface area contributed by atoms with Gasteiger partial charge in [-0.2, -0.15) is 0 Å². The van der Waals surface area contributed by atoms with Crippen molar-refractivity contribution in [3.63, 3.8) is 0 Å². The molecule has 2 aromatic carbocycles. The normalized spacial score (nSPS) is 13.5. The standard InChI is InChI=1S/C23H30N2O5S/c1-3-29-15-7-13-24-23(26)17-30-22-12-11-20(16-18(22)2)31(27,28)25-14-6-9-19-8-4-5-10-21(19)25/h4-5,8,10-12,16H,3,6-7,9,13-15,17H2,1-2H3,(H,24,26). The van der Waals surface area contributed by atoms with Crippen molar-refractivity contribution >= 4 is 21.6 Å². The molecule has 3 rings (SSSR count). The number of ether oxygens (including phenoxy) is 2. The van der Waals surface area contributed by atoms with Crippen LogP contribution in [0.15, 0.2) is 47.4 Å². The summed E-state index contributed by atoms with van der Waals surface area (Å²) in [5, 5.41) is 2.77. The molecule has 2 aromatic rings. The minimum absolute atomic E-state index is 0.124. The number of sulfonamides is 1. The Bertz CT molecular complexity index is 1010. The van der Waals surface area contributed by atoms with E-state index in [-0.39, 0.29) is 17.4 Å². The lowest BCUT2D eigenvalue weighted by molar-refractivity contribution is -0.123. The SMILES string of the molecule is CCOCCCNC(=O)COc1ccc(S(=O)(=O)N2CCCc3ccccc32)cc1C. The Balaban J connectivity index is 1.64. The van der Waals surface area contributed by atoms with Gasteiger partial charge in [0, 0.05) is 26.3 Å². The van der Waals surface area contributed by atoms with E-state index in [9.17, 15) is 13.2 Å². The van der Waals surface area contributed by atoms with Gasteiger partial charge in [0.15, 0.2) is 6.61 Å². The second-order valence-corrected chi connectivity index (χ2v) is 9.29. The summed E-state index contributed by atoms with van der Waals surface area (Å²) in [5.41, 5.74) is 2.45. The molecule has 1 amide bonds. The topological polar surface area (TPSA) is 84.9 Å². The van der Waals surface area contributed by atoms with Crippen LogP contribution < -0.4 is 14.4 Å². The number of amides is 1. The first-order valence-corrected chi connectivity index (χ1v) is 12.1. The zero-order chi connectivity index (χ0) is 22.3. The number of fused-ring (bicyclic) bond motifs is 1. The van der Waals surface area contributed by atoms with Crippen LogP contribution in [0, 0.1) is 6.92 Å². The monoisotopic (exact) mass is 446 g/mol. The first-order chi connectivity index (χ1) is 14.9. The van der Waals surface area contributed by atoms with E-state index in [2.05, 4.69) is 5.32 Å². The molecule has 0 bridgehead atoms. The van der Waals surface area contributed by atoms with E-state index < -0.39 is 10.0 Å². The third kappa shape index (κ3) is 5.77. The number of nitrogens with zero attached hydrogens (tertiary/aromatic N) is 1. The van der Waals surface area contributed by atoms with Gasteiger partial charge in [0.05, 0.1) is 10.6 Å². The summed E-state index contributed by atoms with van der Waals surface area (Å²) >= 11 is 0. The highest BCUT2D eigenvalue weighted by Crippen LogP contribution is 2.33. The van der Waals surface area contributed by atoms with Gasteiger partial charge in [-0.25, -0.2) is 8.42 Å². The average Bonchev–Trinajstić information content (AvgIpc) is 2.77. The summed E-state index contributed by atoms with van der Waals surface area (Å²) < 4.78 is 38.9. The Kier molecular flexibility index (Phi) is 7.92. The third-order valence-corrected chi connectivity index (χ3v) is 6.96. The number of benzene rings is 2. The van der Waals surface area contributed by atoms with E-state index in [1.165, 1.54) is 10.4 Å². The minimum atomic E-state index is -3.68. The highest BCUT2D eigenvalue weighted by atomic mass is 32.2. The lowest BCUT2D eigenvalue weighted by Crippen LogP contribution is -2.35. The molecule has 0 saturated carbocycles. The van der Waals surface area contributed by atoms with Gasteiger partial charge in [0.2, 0.25) is 0 Å². The number of rotatable bonds is 10. The van der Waals surface area contributed by atoms with Crippen molar-refractivity contribution < 1.29 is 22.7 Å². The summed E-state index contributed by atoms with van der Waals surface area (Å²) in [5.74, 6) is 0.264. The fourth-order valence-electron chi connectivity index (χ4n) is 3.56. The van der Waals surface area contributed by atoms with Gasteiger partial charge < -0.3 is 14.8 Å². The Morgan fingerprint density at radius 1 is 1.19 bits per heavy atom. The lowest BCUT2D eigenvalue weighted by atomic mass is 10.0. The number of hydrogen-bond donors (Lipinski definition) is 1. The van der Waals surface area contributed by atoms with E-state index >= 15 is 0 Å². The molecular weight excluding hydrogens is 416 g/mol. The molecule has 1 aliphatic rings. The second kappa shape index (κ2) is 10.6. The van der Waals surface area contributed by atoms with Crippen molar-refractivity contribution in [3.8, 4) is 5.75 Å². The van der Waals surface area contributed by atoms with Crippen LogP contribution in [0.3, 0.4) is 0 Å². The molecule has 0 unspecified atom stereocenters. The maximum absolute atomic E-state index is 13.3. The molecule has 0 aliphatic carbocycles. The molecule has 1 heterocycles. The zero-order valence-electron chi connectivity index (χ0n) is 18.1. The molecule has 0 saturated heterocycles. The molecule has 8 heteroatoms. The maximum Gasteiger partial charge on any atom is 0.264 e. The Morgan fingerprint density at radius 3 is 2.77 bits per heavy atom. The van der Waals surface area contributed by atoms with Crippen molar-refractivity contribution in [2.75, 3.05) is 37.2 Å². The average molecular weight is 447 g/mol. The highest BCUT2D eigenvalue weighted by Gasteiger charge is 2.29. The number of aryl methyl sites for hydroxylation is 2. The number of anilines is 1. The van der Waals surface area contributed by atoms with Crippen molar-refractivity contribution in [2.24, 2.45) is 0 Å². The van der Waals surface area contributed by atoms with Crippen LogP contribution in [0.4, 0.5) is 5.69 Å². The predicted octanol–water partition coefficient (Wildman–Crippen LogP) is 3.06. The number of carbonyl (C=O) groups is 1. The molecule has 31 heavy (non-hydrogen) atoms. The summed E-state index contributed by atoms with van der Waals surface area (Å²) in [7, 11) is -3.68. The smallest absolute Gasteiger partial charge is 0.264 e. The van der Waals surface area contributed by atoms with Crippen molar-refractivity contribution in [1.82, 2.24) is 5.32 Å². The molecule has 1 aliphatic heterocycles. The minimum Gasteiger partial charge on any atom is -0.484 e. The van der Waals surface area contributed by atoms with Crippen LogP contribution in [-0.4, -0.2) is 47.2 Å². The Hall–Kier alpha value is -2.58. The fraction of sp³-hybridized carbons (Fsp3) is 0.435. The molecule has 1 N–H and O–H groups in total. The van der Waals surface area contributed by atoms with E-state index in [0.717, 1.165) is 30.5 Å². The molecule has 0 spiro atoms. The Labute approximate surface area is 184 Å². The van der Waals surface area contributed by atoms with Crippen molar-refractivity contribution in [3.05, 3.63) is 53.6 Å². The van der Waals surface area contributed by atoms with Gasteiger partial charge in [0.25, 0.3) is 15.9 Å². The molecule has 168 valence electrons. The fourth-order valence-corrected chi connectivity index (χ4v) is 5.19. The highest BCUT2D eigenvalue weighted by molar-refractivity contribution is 7.92. The van der Waals surface area contributed by atoms with E-state index in [1.54, 1.807) is 19.1 Å². The van der Waals surface area contributed by atoms with Gasteiger partial charge in [-0.1, -0.05) is 18.2 Å². The lowest BCUT2D eigenvalue weighted by Gasteiger charge is -2.30. The first kappa shape index (κ1) is 23.1. The van der Waals surface area contributed by atoms with E-state index in [1.807, 2.05) is 31.2 Å². The molecule has 7 nitrogen and oxygen atoms in total. The van der Waals surface area contributed by atoms with E-state index in [0.29, 0.717) is 37.6 Å². The number of hydrogen-bond acceptors (Lipinski definition) is 5. The molecule has 0 radical (unpaired) electrons.